The fourth-order valence-corrected chi connectivity index (χ4v) is 1.82. The van der Waals surface area contributed by atoms with Gasteiger partial charge in [0.05, 0.1) is 13.2 Å². The first-order valence-electron chi connectivity index (χ1n) is 6.87. The van der Waals surface area contributed by atoms with Crippen LogP contribution in [0.25, 0.3) is 0 Å². The number of hydrogen-bond donors (Lipinski definition) is 1. The monoisotopic (exact) mass is 301 g/mol. The van der Waals surface area contributed by atoms with Gasteiger partial charge in [0, 0.05) is 0 Å². The van der Waals surface area contributed by atoms with Crippen LogP contribution in [0.1, 0.15) is 26.7 Å². The Morgan fingerprint density at radius 2 is 2.10 bits per heavy atom. The minimum absolute atomic E-state index is 0.128. The van der Waals surface area contributed by atoms with Crippen molar-refractivity contribution in [3.63, 3.8) is 0 Å². The molecule has 21 heavy (non-hydrogen) atoms. The van der Waals surface area contributed by atoms with Crippen molar-refractivity contribution in [2.24, 2.45) is 0 Å². The highest BCUT2D eigenvalue weighted by atomic mass is 19.2. The topological polar surface area (TPSA) is 47.6 Å². The molecule has 4 nitrogen and oxygen atoms in total. The maximum atomic E-state index is 13.4. The lowest BCUT2D eigenvalue weighted by Gasteiger charge is -2.26. The van der Waals surface area contributed by atoms with E-state index in [1.807, 2.05) is 0 Å². The summed E-state index contributed by atoms with van der Waals surface area (Å²) in [5.74, 6) is -2.42. The van der Waals surface area contributed by atoms with E-state index in [0.717, 1.165) is 6.07 Å². The molecule has 0 saturated heterocycles. The van der Waals surface area contributed by atoms with E-state index in [1.54, 1.807) is 20.9 Å². The number of esters is 1. The SMILES string of the molecule is CCOC(=O)C(C)(CCCOc1cccc(F)c1F)NC. The van der Waals surface area contributed by atoms with Crippen molar-refractivity contribution < 1.29 is 23.0 Å². The van der Waals surface area contributed by atoms with Gasteiger partial charge < -0.3 is 14.8 Å². The van der Waals surface area contributed by atoms with Gasteiger partial charge in [0.15, 0.2) is 11.6 Å². The maximum Gasteiger partial charge on any atom is 0.326 e. The van der Waals surface area contributed by atoms with Crippen LogP contribution in [0.4, 0.5) is 8.78 Å². The molecule has 1 unspecified atom stereocenters. The van der Waals surface area contributed by atoms with Crippen LogP contribution in [0.5, 0.6) is 5.75 Å². The number of nitrogens with one attached hydrogen (secondary N) is 1. The van der Waals surface area contributed by atoms with Crippen LogP contribution in [0.15, 0.2) is 18.2 Å². The molecule has 1 atom stereocenters. The molecular formula is C15H21F2NO3. The first-order valence-corrected chi connectivity index (χ1v) is 6.87. The molecule has 1 aromatic carbocycles. The van der Waals surface area contributed by atoms with Crippen molar-refractivity contribution in [1.29, 1.82) is 0 Å². The molecular weight excluding hydrogens is 280 g/mol. The van der Waals surface area contributed by atoms with E-state index in [-0.39, 0.29) is 18.3 Å². The Morgan fingerprint density at radius 1 is 1.38 bits per heavy atom. The van der Waals surface area contributed by atoms with Gasteiger partial charge in [-0.05, 0) is 45.9 Å². The summed E-state index contributed by atoms with van der Waals surface area (Å²) in [6, 6.07) is 3.77. The Labute approximate surface area is 123 Å². The van der Waals surface area contributed by atoms with Crippen LogP contribution >= 0.6 is 0 Å². The highest BCUT2D eigenvalue weighted by Gasteiger charge is 2.32. The summed E-state index contributed by atoms with van der Waals surface area (Å²) >= 11 is 0. The Hall–Kier alpha value is -1.69. The number of likely N-dealkylation sites (N-methyl/N-ethyl adjacent to an activating group) is 1. The number of hydrogen-bond acceptors (Lipinski definition) is 4. The van der Waals surface area contributed by atoms with Crippen LogP contribution in [-0.2, 0) is 9.53 Å². The summed E-state index contributed by atoms with van der Waals surface area (Å²) in [6.07, 6.45) is 0.950. The molecule has 118 valence electrons. The molecule has 6 heteroatoms. The van der Waals surface area contributed by atoms with Crippen molar-refractivity contribution in [2.75, 3.05) is 20.3 Å². The van der Waals surface area contributed by atoms with Gasteiger partial charge in [-0.25, -0.2) is 4.39 Å². The molecule has 1 rings (SSSR count). The minimum Gasteiger partial charge on any atom is -0.490 e. The highest BCUT2D eigenvalue weighted by Crippen LogP contribution is 2.20. The molecule has 0 aliphatic carbocycles. The van der Waals surface area contributed by atoms with Crippen molar-refractivity contribution in [1.82, 2.24) is 5.32 Å². The number of halogens is 2. The number of benzene rings is 1. The molecule has 0 aliphatic heterocycles. The lowest BCUT2D eigenvalue weighted by molar-refractivity contribution is -0.150. The van der Waals surface area contributed by atoms with Crippen molar-refractivity contribution in [3.8, 4) is 5.75 Å². The van der Waals surface area contributed by atoms with Gasteiger partial charge in [-0.3, -0.25) is 4.79 Å². The quantitative estimate of drug-likeness (QED) is 0.592. The smallest absolute Gasteiger partial charge is 0.326 e. The third kappa shape index (κ3) is 4.67. The second-order valence-electron chi connectivity index (χ2n) is 4.81. The van der Waals surface area contributed by atoms with Gasteiger partial charge in [-0.15, -0.1) is 0 Å². The number of carbonyl (C=O) groups is 1. The normalized spacial score (nSPS) is 13.6. The van der Waals surface area contributed by atoms with E-state index >= 15 is 0 Å². The van der Waals surface area contributed by atoms with Crippen LogP contribution in [0.2, 0.25) is 0 Å². The lowest BCUT2D eigenvalue weighted by atomic mass is 9.96. The van der Waals surface area contributed by atoms with E-state index in [1.165, 1.54) is 12.1 Å². The molecule has 0 radical (unpaired) electrons. The summed E-state index contributed by atoms with van der Waals surface area (Å²) in [5, 5.41) is 2.92. The standard InChI is InChI=1S/C15H21F2NO3/c1-4-20-14(19)15(2,18-3)9-6-10-21-12-8-5-7-11(16)13(12)17/h5,7-8,18H,4,6,9-10H2,1-3H3. The van der Waals surface area contributed by atoms with E-state index < -0.39 is 17.2 Å². The molecule has 1 aromatic rings. The molecule has 0 amide bonds. The zero-order chi connectivity index (χ0) is 15.9. The van der Waals surface area contributed by atoms with Gasteiger partial charge in [-0.2, -0.15) is 4.39 Å². The molecule has 0 bridgehead atoms. The Balaban J connectivity index is 2.49. The third-order valence-corrected chi connectivity index (χ3v) is 3.27. The molecule has 0 spiro atoms. The number of carbonyl (C=O) groups excluding carboxylic acids is 1. The van der Waals surface area contributed by atoms with Crippen LogP contribution in [0, 0.1) is 11.6 Å². The van der Waals surface area contributed by atoms with Crippen LogP contribution < -0.4 is 10.1 Å². The summed E-state index contributed by atoms with van der Waals surface area (Å²) < 4.78 is 36.6. The summed E-state index contributed by atoms with van der Waals surface area (Å²) in [5.41, 5.74) is -0.820. The molecule has 0 saturated carbocycles. The zero-order valence-electron chi connectivity index (χ0n) is 12.5. The zero-order valence-corrected chi connectivity index (χ0v) is 12.5. The second-order valence-corrected chi connectivity index (χ2v) is 4.81. The number of ether oxygens (including phenoxy) is 2. The third-order valence-electron chi connectivity index (χ3n) is 3.27. The predicted octanol–water partition coefficient (Wildman–Crippen LogP) is 2.67. The fourth-order valence-electron chi connectivity index (χ4n) is 1.82. The largest absolute Gasteiger partial charge is 0.490 e. The molecule has 0 heterocycles. The van der Waals surface area contributed by atoms with Gasteiger partial charge in [-0.1, -0.05) is 6.07 Å². The summed E-state index contributed by atoms with van der Waals surface area (Å²) in [4.78, 5) is 11.8. The number of rotatable bonds is 8. The molecule has 0 fully saturated rings. The van der Waals surface area contributed by atoms with Gasteiger partial charge >= 0.3 is 5.97 Å². The summed E-state index contributed by atoms with van der Waals surface area (Å²) in [7, 11) is 1.67. The van der Waals surface area contributed by atoms with Crippen molar-refractivity contribution >= 4 is 5.97 Å². The lowest BCUT2D eigenvalue weighted by Crippen LogP contribution is -2.48. The first kappa shape index (κ1) is 17.4. The Morgan fingerprint density at radius 3 is 2.71 bits per heavy atom. The van der Waals surface area contributed by atoms with E-state index in [0.29, 0.717) is 19.4 Å². The average Bonchev–Trinajstić information content (AvgIpc) is 2.47. The van der Waals surface area contributed by atoms with Gasteiger partial charge in [0.2, 0.25) is 5.82 Å². The second kappa shape index (κ2) is 7.93. The molecule has 0 aliphatic rings. The van der Waals surface area contributed by atoms with E-state index in [2.05, 4.69) is 5.32 Å². The van der Waals surface area contributed by atoms with E-state index in [9.17, 15) is 13.6 Å². The Kier molecular flexibility index (Phi) is 6.55. The van der Waals surface area contributed by atoms with Crippen molar-refractivity contribution in [2.45, 2.75) is 32.2 Å². The predicted molar refractivity (Wildman–Crippen MR) is 75.2 cm³/mol. The molecule has 1 N–H and O–H groups in total. The highest BCUT2D eigenvalue weighted by molar-refractivity contribution is 5.80. The maximum absolute atomic E-state index is 13.4. The van der Waals surface area contributed by atoms with Crippen LogP contribution in [0.3, 0.4) is 0 Å². The summed E-state index contributed by atoms with van der Waals surface area (Å²) in [6.45, 7) is 3.95. The first-order chi connectivity index (χ1) is 9.94. The van der Waals surface area contributed by atoms with Crippen LogP contribution in [-0.4, -0.2) is 31.8 Å². The van der Waals surface area contributed by atoms with E-state index in [4.69, 9.17) is 9.47 Å². The fraction of sp³-hybridized carbons (Fsp3) is 0.533. The molecule has 0 aromatic heterocycles. The average molecular weight is 301 g/mol. The van der Waals surface area contributed by atoms with Gasteiger partial charge in [0.25, 0.3) is 0 Å². The minimum atomic E-state index is -1.00. The van der Waals surface area contributed by atoms with Crippen molar-refractivity contribution in [3.05, 3.63) is 29.8 Å². The Bertz CT molecular complexity index is 482. The van der Waals surface area contributed by atoms with Gasteiger partial charge in [0.1, 0.15) is 5.54 Å².